The fourth-order valence-electron chi connectivity index (χ4n) is 2.06. The molecule has 4 heteroatoms. The van der Waals surface area contributed by atoms with Gasteiger partial charge in [0.15, 0.2) is 0 Å². The highest BCUT2D eigenvalue weighted by Crippen LogP contribution is 2.25. The molecule has 0 spiro atoms. The third-order valence-electron chi connectivity index (χ3n) is 3.01. The summed E-state index contributed by atoms with van der Waals surface area (Å²) in [6.45, 7) is 2.65. The van der Waals surface area contributed by atoms with Crippen molar-refractivity contribution in [2.45, 2.75) is 25.4 Å². The van der Waals surface area contributed by atoms with Gasteiger partial charge in [-0.1, -0.05) is 23.7 Å². The summed E-state index contributed by atoms with van der Waals surface area (Å²) < 4.78 is 0. The van der Waals surface area contributed by atoms with Gasteiger partial charge in [-0.2, -0.15) is 0 Å². The normalized spacial score (nSPS) is 22.6. The van der Waals surface area contributed by atoms with E-state index in [1.807, 2.05) is 36.1 Å². The Balaban J connectivity index is 2.16. The summed E-state index contributed by atoms with van der Waals surface area (Å²) in [7, 11) is 0. The Morgan fingerprint density at radius 2 is 2.06 bits per heavy atom. The Morgan fingerprint density at radius 3 is 2.56 bits per heavy atom. The van der Waals surface area contributed by atoms with E-state index in [1.54, 1.807) is 0 Å². The summed E-state index contributed by atoms with van der Waals surface area (Å²) in [5.74, 6) is 0.134. The highest BCUT2D eigenvalue weighted by Gasteiger charge is 2.30. The first-order chi connectivity index (χ1) is 7.58. The molecule has 1 saturated heterocycles. The SMILES string of the molecule is CC(c1ccc(Cl)cc1)N1CC(N)CC1=O. The fraction of sp³-hybridized carbons (Fsp3) is 0.417. The second-order valence-electron chi connectivity index (χ2n) is 4.24. The van der Waals surface area contributed by atoms with Crippen LogP contribution in [0.4, 0.5) is 0 Å². The largest absolute Gasteiger partial charge is 0.334 e. The summed E-state index contributed by atoms with van der Waals surface area (Å²) in [6.07, 6.45) is 0.456. The van der Waals surface area contributed by atoms with Gasteiger partial charge in [0, 0.05) is 24.0 Å². The van der Waals surface area contributed by atoms with E-state index < -0.39 is 0 Å². The third-order valence-corrected chi connectivity index (χ3v) is 3.26. The maximum absolute atomic E-state index is 11.7. The Hall–Kier alpha value is -1.06. The van der Waals surface area contributed by atoms with Gasteiger partial charge in [-0.25, -0.2) is 0 Å². The Labute approximate surface area is 100 Å². The number of benzene rings is 1. The van der Waals surface area contributed by atoms with E-state index in [4.69, 9.17) is 17.3 Å². The molecule has 2 atom stereocenters. The zero-order valence-electron chi connectivity index (χ0n) is 9.19. The molecule has 1 fully saturated rings. The van der Waals surface area contributed by atoms with Crippen LogP contribution in [-0.2, 0) is 4.79 Å². The molecule has 0 aliphatic carbocycles. The number of likely N-dealkylation sites (tertiary alicyclic amines) is 1. The van der Waals surface area contributed by atoms with Crippen LogP contribution in [0.3, 0.4) is 0 Å². The molecule has 1 aromatic rings. The number of carbonyl (C=O) groups excluding carboxylic acids is 1. The Kier molecular flexibility index (Phi) is 3.17. The topological polar surface area (TPSA) is 46.3 Å². The molecule has 86 valence electrons. The predicted octanol–water partition coefficient (Wildman–Crippen LogP) is 1.96. The van der Waals surface area contributed by atoms with Gasteiger partial charge >= 0.3 is 0 Å². The van der Waals surface area contributed by atoms with Crippen molar-refractivity contribution in [1.82, 2.24) is 4.90 Å². The molecule has 1 aromatic carbocycles. The zero-order chi connectivity index (χ0) is 11.7. The molecule has 1 aliphatic rings. The number of nitrogens with two attached hydrogens (primary N) is 1. The van der Waals surface area contributed by atoms with Crippen LogP contribution in [0.25, 0.3) is 0 Å². The van der Waals surface area contributed by atoms with Crippen LogP contribution in [0.15, 0.2) is 24.3 Å². The van der Waals surface area contributed by atoms with Gasteiger partial charge in [-0.3, -0.25) is 4.79 Å². The maximum Gasteiger partial charge on any atom is 0.224 e. The number of halogens is 1. The number of hydrogen-bond acceptors (Lipinski definition) is 2. The average Bonchev–Trinajstić information content (AvgIpc) is 2.58. The standard InChI is InChI=1S/C12H15ClN2O/c1-8(9-2-4-10(13)5-3-9)15-7-11(14)6-12(15)16/h2-5,8,11H,6-7,14H2,1H3. The maximum atomic E-state index is 11.7. The molecule has 2 unspecified atom stereocenters. The zero-order valence-corrected chi connectivity index (χ0v) is 9.95. The molecule has 2 rings (SSSR count). The number of amides is 1. The molecular weight excluding hydrogens is 224 g/mol. The predicted molar refractivity (Wildman–Crippen MR) is 64.2 cm³/mol. The van der Waals surface area contributed by atoms with Crippen molar-refractivity contribution in [3.63, 3.8) is 0 Å². The molecule has 1 amide bonds. The molecular formula is C12H15ClN2O. The van der Waals surface area contributed by atoms with Crippen LogP contribution in [-0.4, -0.2) is 23.4 Å². The van der Waals surface area contributed by atoms with E-state index in [9.17, 15) is 4.79 Å². The van der Waals surface area contributed by atoms with Crippen LogP contribution in [0.1, 0.15) is 24.9 Å². The highest BCUT2D eigenvalue weighted by atomic mass is 35.5. The van der Waals surface area contributed by atoms with Gasteiger partial charge in [-0.05, 0) is 24.6 Å². The lowest BCUT2D eigenvalue weighted by Crippen LogP contribution is -2.30. The monoisotopic (exact) mass is 238 g/mol. The van der Waals surface area contributed by atoms with Crippen LogP contribution in [0, 0.1) is 0 Å². The van der Waals surface area contributed by atoms with E-state index in [2.05, 4.69) is 0 Å². The van der Waals surface area contributed by atoms with Crippen molar-refractivity contribution in [1.29, 1.82) is 0 Å². The minimum atomic E-state index is -0.0257. The van der Waals surface area contributed by atoms with Crippen LogP contribution in [0.2, 0.25) is 5.02 Å². The summed E-state index contributed by atoms with van der Waals surface area (Å²) in [5, 5.41) is 0.709. The minimum absolute atomic E-state index is 0.0257. The lowest BCUT2D eigenvalue weighted by atomic mass is 10.1. The van der Waals surface area contributed by atoms with E-state index in [-0.39, 0.29) is 18.0 Å². The molecule has 0 saturated carbocycles. The van der Waals surface area contributed by atoms with E-state index >= 15 is 0 Å². The number of carbonyl (C=O) groups is 1. The first-order valence-electron chi connectivity index (χ1n) is 5.38. The molecule has 3 nitrogen and oxygen atoms in total. The summed E-state index contributed by atoms with van der Waals surface area (Å²) >= 11 is 5.83. The van der Waals surface area contributed by atoms with E-state index in [0.29, 0.717) is 18.0 Å². The second kappa shape index (κ2) is 4.44. The quantitative estimate of drug-likeness (QED) is 0.856. The van der Waals surface area contributed by atoms with Gasteiger partial charge in [0.25, 0.3) is 0 Å². The molecule has 16 heavy (non-hydrogen) atoms. The number of hydrogen-bond donors (Lipinski definition) is 1. The molecule has 2 N–H and O–H groups in total. The van der Waals surface area contributed by atoms with Crippen molar-refractivity contribution in [3.05, 3.63) is 34.9 Å². The van der Waals surface area contributed by atoms with Crippen LogP contribution >= 0.6 is 11.6 Å². The van der Waals surface area contributed by atoms with E-state index in [0.717, 1.165) is 5.56 Å². The van der Waals surface area contributed by atoms with Gasteiger partial charge in [0.1, 0.15) is 0 Å². The van der Waals surface area contributed by atoms with Crippen molar-refractivity contribution in [2.24, 2.45) is 5.73 Å². The Bertz CT molecular complexity index is 391. The summed E-state index contributed by atoms with van der Waals surface area (Å²) in [6, 6.07) is 7.62. The highest BCUT2D eigenvalue weighted by molar-refractivity contribution is 6.30. The van der Waals surface area contributed by atoms with Gasteiger partial charge in [-0.15, -0.1) is 0 Å². The minimum Gasteiger partial charge on any atom is -0.334 e. The summed E-state index contributed by atoms with van der Waals surface area (Å²) in [4.78, 5) is 13.5. The molecule has 0 radical (unpaired) electrons. The number of rotatable bonds is 2. The second-order valence-corrected chi connectivity index (χ2v) is 4.67. The van der Waals surface area contributed by atoms with Crippen LogP contribution < -0.4 is 5.73 Å². The van der Waals surface area contributed by atoms with Crippen molar-refractivity contribution < 1.29 is 4.79 Å². The number of nitrogens with zero attached hydrogens (tertiary/aromatic N) is 1. The van der Waals surface area contributed by atoms with Crippen molar-refractivity contribution in [3.8, 4) is 0 Å². The smallest absolute Gasteiger partial charge is 0.224 e. The van der Waals surface area contributed by atoms with Gasteiger partial charge in [0.2, 0.25) is 5.91 Å². The molecule has 1 heterocycles. The average molecular weight is 239 g/mol. The molecule has 1 aliphatic heterocycles. The first kappa shape index (κ1) is 11.4. The van der Waals surface area contributed by atoms with Gasteiger partial charge < -0.3 is 10.6 Å². The fourth-order valence-corrected chi connectivity index (χ4v) is 2.18. The van der Waals surface area contributed by atoms with Gasteiger partial charge in [0.05, 0.1) is 6.04 Å². The first-order valence-corrected chi connectivity index (χ1v) is 5.76. The molecule has 0 bridgehead atoms. The van der Waals surface area contributed by atoms with Crippen molar-refractivity contribution in [2.75, 3.05) is 6.54 Å². The lowest BCUT2D eigenvalue weighted by Gasteiger charge is -2.24. The van der Waals surface area contributed by atoms with Crippen molar-refractivity contribution >= 4 is 17.5 Å². The lowest BCUT2D eigenvalue weighted by molar-refractivity contribution is -0.129. The summed E-state index contributed by atoms with van der Waals surface area (Å²) in [5.41, 5.74) is 6.86. The molecule has 0 aromatic heterocycles. The Morgan fingerprint density at radius 1 is 1.44 bits per heavy atom. The van der Waals surface area contributed by atoms with E-state index in [1.165, 1.54) is 0 Å². The van der Waals surface area contributed by atoms with Crippen LogP contribution in [0.5, 0.6) is 0 Å². The third kappa shape index (κ3) is 2.20.